The van der Waals surface area contributed by atoms with Crippen molar-refractivity contribution < 1.29 is 4.42 Å². The van der Waals surface area contributed by atoms with Crippen LogP contribution in [0.25, 0.3) is 33.1 Å². The zero-order chi connectivity index (χ0) is 14.4. The quantitative estimate of drug-likeness (QED) is 0.463. The van der Waals surface area contributed by atoms with Crippen LogP contribution < -0.4 is 5.46 Å². The van der Waals surface area contributed by atoms with E-state index in [1.807, 2.05) is 42.5 Å². The molecule has 4 rings (SSSR count). The average molecular weight is 289 g/mol. The largest absolute Gasteiger partial charge is 0.457 e. The Hall–Kier alpha value is -2.19. The lowest BCUT2D eigenvalue weighted by Gasteiger charge is -2.03. The molecule has 98 valence electrons. The zero-order valence-electron chi connectivity index (χ0n) is 11.1. The molecule has 3 aromatic carbocycles. The molecule has 0 unspecified atom stereocenters. The molecule has 1 heterocycles. The lowest BCUT2D eigenvalue weighted by Crippen LogP contribution is -2.03. The van der Waals surface area contributed by atoms with Gasteiger partial charge in [0.05, 0.1) is 0 Å². The molecule has 0 saturated heterocycles. The van der Waals surface area contributed by atoms with Gasteiger partial charge in [-0.05, 0) is 34.8 Å². The minimum absolute atomic E-state index is 0.490. The number of rotatable bonds is 1. The highest BCUT2D eigenvalue weighted by molar-refractivity contribution is 6.49. The van der Waals surface area contributed by atoms with Gasteiger partial charge in [-0.1, -0.05) is 54.1 Å². The highest BCUT2D eigenvalue weighted by Crippen LogP contribution is 2.36. The smallest absolute Gasteiger partial charge is 0.136 e. The van der Waals surface area contributed by atoms with Gasteiger partial charge in [0.25, 0.3) is 0 Å². The lowest BCUT2D eigenvalue weighted by atomic mass is 9.92. The number of furan rings is 1. The highest BCUT2D eigenvalue weighted by Gasteiger charge is 2.14. The fourth-order valence-electron chi connectivity index (χ4n) is 2.74. The van der Waals surface area contributed by atoms with Crippen molar-refractivity contribution in [3.63, 3.8) is 0 Å². The van der Waals surface area contributed by atoms with E-state index < -0.39 is 0 Å². The van der Waals surface area contributed by atoms with Crippen LogP contribution in [-0.2, 0) is 0 Å². The van der Waals surface area contributed by atoms with Gasteiger partial charge in [-0.2, -0.15) is 0 Å². The van der Waals surface area contributed by atoms with E-state index in [2.05, 4.69) is 18.2 Å². The number of hydrogen-bond donors (Lipinski definition) is 0. The van der Waals surface area contributed by atoms with Crippen molar-refractivity contribution in [1.29, 1.82) is 0 Å². The summed E-state index contributed by atoms with van der Waals surface area (Å²) in [6.07, 6.45) is 0. The SMILES string of the molecule is [B]c1c(Cl)ccc2c1oc1cccc(-c3ccccc3)c12. The summed E-state index contributed by atoms with van der Waals surface area (Å²) in [5, 5.41) is 2.58. The van der Waals surface area contributed by atoms with Crippen molar-refractivity contribution in [3.8, 4) is 11.1 Å². The molecule has 0 aliphatic carbocycles. The molecule has 3 heteroatoms. The van der Waals surface area contributed by atoms with Crippen LogP contribution in [0.3, 0.4) is 0 Å². The Kier molecular flexibility index (Phi) is 2.79. The monoisotopic (exact) mass is 288 g/mol. The Balaban J connectivity index is 2.17. The van der Waals surface area contributed by atoms with Gasteiger partial charge in [-0.25, -0.2) is 0 Å². The maximum atomic E-state index is 6.09. The first-order chi connectivity index (χ1) is 10.3. The van der Waals surface area contributed by atoms with Crippen molar-refractivity contribution in [2.45, 2.75) is 0 Å². The lowest BCUT2D eigenvalue weighted by molar-refractivity contribution is 0.671. The van der Waals surface area contributed by atoms with E-state index in [0.717, 1.165) is 27.5 Å². The van der Waals surface area contributed by atoms with Crippen molar-refractivity contribution in [2.75, 3.05) is 0 Å². The van der Waals surface area contributed by atoms with Crippen molar-refractivity contribution >= 4 is 46.8 Å². The third kappa shape index (κ3) is 1.87. The van der Waals surface area contributed by atoms with Gasteiger partial charge in [0.2, 0.25) is 0 Å². The van der Waals surface area contributed by atoms with Gasteiger partial charge in [-0.3, -0.25) is 0 Å². The maximum absolute atomic E-state index is 6.09. The first kappa shape index (κ1) is 12.5. The Bertz CT molecular complexity index is 957. The van der Waals surface area contributed by atoms with Gasteiger partial charge in [0.15, 0.2) is 0 Å². The van der Waals surface area contributed by atoms with Crippen LogP contribution in [0.5, 0.6) is 0 Å². The minimum atomic E-state index is 0.490. The molecule has 0 amide bonds. The molecular formula is C18H10BClO. The molecule has 0 spiro atoms. The summed E-state index contributed by atoms with van der Waals surface area (Å²) in [7, 11) is 6.05. The fourth-order valence-corrected chi connectivity index (χ4v) is 2.89. The summed E-state index contributed by atoms with van der Waals surface area (Å²) in [5.41, 5.74) is 4.25. The predicted molar refractivity (Wildman–Crippen MR) is 89.6 cm³/mol. The second-order valence-electron chi connectivity index (χ2n) is 4.98. The normalized spacial score (nSPS) is 11.3. The second-order valence-corrected chi connectivity index (χ2v) is 5.39. The fraction of sp³-hybridized carbons (Fsp3) is 0. The molecular weight excluding hydrogens is 278 g/mol. The van der Waals surface area contributed by atoms with Crippen molar-refractivity contribution in [3.05, 3.63) is 65.7 Å². The molecule has 21 heavy (non-hydrogen) atoms. The van der Waals surface area contributed by atoms with E-state index in [1.165, 1.54) is 0 Å². The van der Waals surface area contributed by atoms with Crippen LogP contribution in [0.15, 0.2) is 65.1 Å². The number of benzene rings is 3. The summed E-state index contributed by atoms with van der Waals surface area (Å²) in [6.45, 7) is 0. The van der Waals surface area contributed by atoms with Crippen LogP contribution in [0.4, 0.5) is 0 Å². The van der Waals surface area contributed by atoms with Gasteiger partial charge < -0.3 is 4.42 Å². The van der Waals surface area contributed by atoms with Crippen LogP contribution in [-0.4, -0.2) is 7.85 Å². The first-order valence-corrected chi connectivity index (χ1v) is 7.08. The molecule has 4 aromatic rings. The van der Waals surface area contributed by atoms with E-state index in [9.17, 15) is 0 Å². The number of fused-ring (bicyclic) bond motifs is 3. The van der Waals surface area contributed by atoms with E-state index in [4.69, 9.17) is 23.9 Å². The topological polar surface area (TPSA) is 13.1 Å². The maximum Gasteiger partial charge on any atom is 0.136 e. The van der Waals surface area contributed by atoms with Crippen LogP contribution in [0, 0.1) is 0 Å². The number of hydrogen-bond acceptors (Lipinski definition) is 1. The van der Waals surface area contributed by atoms with Crippen LogP contribution in [0.2, 0.25) is 5.02 Å². The summed E-state index contributed by atoms with van der Waals surface area (Å²) < 4.78 is 5.92. The molecule has 0 aliphatic heterocycles. The van der Waals surface area contributed by atoms with Crippen LogP contribution >= 0.6 is 11.6 Å². The third-order valence-electron chi connectivity index (χ3n) is 3.74. The Morgan fingerprint density at radius 2 is 1.67 bits per heavy atom. The Morgan fingerprint density at radius 3 is 2.48 bits per heavy atom. The third-order valence-corrected chi connectivity index (χ3v) is 4.06. The van der Waals surface area contributed by atoms with Crippen molar-refractivity contribution in [2.24, 2.45) is 0 Å². The molecule has 0 aliphatic rings. The second kappa shape index (κ2) is 4.68. The number of halogens is 1. The summed E-state index contributed by atoms with van der Waals surface area (Å²) in [5.74, 6) is 0. The zero-order valence-corrected chi connectivity index (χ0v) is 11.9. The first-order valence-electron chi connectivity index (χ1n) is 6.70. The van der Waals surface area contributed by atoms with E-state index in [-0.39, 0.29) is 0 Å². The molecule has 1 aromatic heterocycles. The van der Waals surface area contributed by atoms with Gasteiger partial charge in [0.1, 0.15) is 19.0 Å². The van der Waals surface area contributed by atoms with Crippen molar-refractivity contribution in [1.82, 2.24) is 0 Å². The van der Waals surface area contributed by atoms with Crippen LogP contribution in [0.1, 0.15) is 0 Å². The van der Waals surface area contributed by atoms with E-state index >= 15 is 0 Å². The molecule has 2 radical (unpaired) electrons. The molecule has 0 atom stereocenters. The molecule has 0 bridgehead atoms. The standard InChI is InChI=1S/C18H10BClO/c19-17-14(20)10-9-13-16-12(11-5-2-1-3-6-11)7-4-8-15(16)21-18(13)17/h1-10H. The molecule has 0 fully saturated rings. The summed E-state index contributed by atoms with van der Waals surface area (Å²) in [6, 6.07) is 20.1. The average Bonchev–Trinajstić information content (AvgIpc) is 2.91. The Labute approximate surface area is 128 Å². The predicted octanol–water partition coefficient (Wildman–Crippen LogP) is 4.70. The summed E-state index contributed by atoms with van der Waals surface area (Å²) in [4.78, 5) is 0. The minimum Gasteiger partial charge on any atom is -0.457 e. The highest BCUT2D eigenvalue weighted by atomic mass is 35.5. The van der Waals surface area contributed by atoms with Gasteiger partial charge >= 0.3 is 0 Å². The van der Waals surface area contributed by atoms with Gasteiger partial charge in [0, 0.05) is 15.8 Å². The molecule has 1 nitrogen and oxygen atoms in total. The van der Waals surface area contributed by atoms with E-state index in [1.54, 1.807) is 0 Å². The summed E-state index contributed by atoms with van der Waals surface area (Å²) >= 11 is 6.09. The molecule has 0 N–H and O–H groups in total. The van der Waals surface area contributed by atoms with E-state index in [0.29, 0.717) is 16.1 Å². The Morgan fingerprint density at radius 1 is 0.857 bits per heavy atom. The molecule has 0 saturated carbocycles. The van der Waals surface area contributed by atoms with Gasteiger partial charge in [-0.15, -0.1) is 0 Å².